The van der Waals surface area contributed by atoms with Crippen molar-refractivity contribution in [3.05, 3.63) is 64.7 Å². The van der Waals surface area contributed by atoms with Gasteiger partial charge in [-0.2, -0.15) is 17.0 Å². The van der Waals surface area contributed by atoms with Crippen LogP contribution in [-0.4, -0.2) is 67.1 Å². The molecule has 0 aliphatic carbocycles. The largest absolute Gasteiger partial charge is 0.336 e. The van der Waals surface area contributed by atoms with Crippen molar-refractivity contribution >= 4 is 39.5 Å². The Labute approximate surface area is 194 Å². The second-order valence-corrected chi connectivity index (χ2v) is 10.6. The van der Waals surface area contributed by atoms with E-state index in [0.717, 1.165) is 21.2 Å². The molecule has 9 heteroatoms. The van der Waals surface area contributed by atoms with Gasteiger partial charge in [0, 0.05) is 60.5 Å². The molecular weight excluding hydrogens is 454 g/mol. The topological polar surface area (TPSA) is 60.9 Å². The number of carbonyl (C=O) groups is 1. The van der Waals surface area contributed by atoms with Gasteiger partial charge in [0.1, 0.15) is 0 Å². The van der Waals surface area contributed by atoms with Crippen LogP contribution in [0.25, 0.3) is 0 Å². The molecule has 1 aliphatic heterocycles. The van der Waals surface area contributed by atoms with Gasteiger partial charge < -0.3 is 4.90 Å². The van der Waals surface area contributed by atoms with E-state index in [-0.39, 0.29) is 5.91 Å². The Morgan fingerprint density at radius 3 is 2.10 bits per heavy atom. The van der Waals surface area contributed by atoms with Crippen molar-refractivity contribution in [3.63, 3.8) is 0 Å². The number of nitrogens with zero attached hydrogens (tertiary/aromatic N) is 3. The van der Waals surface area contributed by atoms with Gasteiger partial charge in [-0.05, 0) is 42.0 Å². The summed E-state index contributed by atoms with van der Waals surface area (Å²) in [5.74, 6) is 0.745. The van der Waals surface area contributed by atoms with Crippen molar-refractivity contribution in [2.24, 2.45) is 0 Å². The molecule has 3 rings (SSSR count). The lowest BCUT2D eigenvalue weighted by atomic mass is 10.1. The highest BCUT2D eigenvalue weighted by atomic mass is 35.5. The molecule has 0 N–H and O–H groups in total. The van der Waals surface area contributed by atoms with Crippen molar-refractivity contribution in [1.82, 2.24) is 13.5 Å². The van der Waals surface area contributed by atoms with Crippen molar-refractivity contribution in [3.8, 4) is 0 Å². The molecule has 31 heavy (non-hydrogen) atoms. The van der Waals surface area contributed by atoms with Crippen molar-refractivity contribution in [2.75, 3.05) is 39.3 Å². The molecule has 1 saturated heterocycles. The van der Waals surface area contributed by atoms with Crippen LogP contribution in [0.1, 0.15) is 29.8 Å². The second kappa shape index (κ2) is 10.8. The van der Waals surface area contributed by atoms with Crippen LogP contribution in [-0.2, 0) is 16.0 Å². The van der Waals surface area contributed by atoms with Crippen LogP contribution < -0.4 is 0 Å². The number of rotatable bonds is 8. The first-order valence-electron chi connectivity index (χ1n) is 10.4. The zero-order valence-corrected chi connectivity index (χ0v) is 20.2. The summed E-state index contributed by atoms with van der Waals surface area (Å²) < 4.78 is 28.2. The lowest BCUT2D eigenvalue weighted by Gasteiger charge is -2.36. The Bertz CT molecular complexity index is 970. The van der Waals surface area contributed by atoms with Crippen LogP contribution >= 0.6 is 23.4 Å². The third-order valence-corrected chi connectivity index (χ3v) is 8.83. The fourth-order valence-corrected chi connectivity index (χ4v) is 6.04. The molecule has 1 aliphatic rings. The summed E-state index contributed by atoms with van der Waals surface area (Å²) in [7, 11) is -3.46. The number of amides is 1. The van der Waals surface area contributed by atoms with E-state index in [9.17, 15) is 13.2 Å². The van der Waals surface area contributed by atoms with Gasteiger partial charge >= 0.3 is 0 Å². The highest BCUT2D eigenvalue weighted by Crippen LogP contribution is 2.24. The minimum atomic E-state index is -3.46. The standard InChI is InChI=1S/C22H28ClN3O3S2/c1-3-25(4-2)31(28,29)26-15-13-24(14-16-26)22(27)19-7-5-18(6-8-19)17-30-21-11-9-20(23)10-12-21/h5-12H,3-4,13-17H2,1-2H3. The summed E-state index contributed by atoms with van der Waals surface area (Å²) in [6.07, 6.45) is 0. The Balaban J connectivity index is 1.54. The first-order chi connectivity index (χ1) is 14.8. The maximum Gasteiger partial charge on any atom is 0.282 e. The van der Waals surface area contributed by atoms with Gasteiger partial charge in [0.25, 0.3) is 16.1 Å². The third kappa shape index (κ3) is 6.02. The fourth-order valence-electron chi connectivity index (χ4n) is 3.46. The molecule has 0 aromatic heterocycles. The lowest BCUT2D eigenvalue weighted by Crippen LogP contribution is -2.54. The molecule has 2 aromatic rings. The van der Waals surface area contributed by atoms with Gasteiger partial charge in [-0.15, -0.1) is 11.8 Å². The predicted octanol–water partition coefficient (Wildman–Crippen LogP) is 3.98. The van der Waals surface area contributed by atoms with Gasteiger partial charge in [0.05, 0.1) is 0 Å². The molecule has 1 fully saturated rings. The summed E-state index contributed by atoms with van der Waals surface area (Å²) in [6, 6.07) is 15.4. The maximum atomic E-state index is 12.9. The lowest BCUT2D eigenvalue weighted by molar-refractivity contribution is 0.0694. The molecule has 2 aromatic carbocycles. The molecule has 0 bridgehead atoms. The summed E-state index contributed by atoms with van der Waals surface area (Å²) in [5, 5.41) is 0.721. The van der Waals surface area contributed by atoms with E-state index in [4.69, 9.17) is 11.6 Å². The van der Waals surface area contributed by atoms with E-state index in [0.29, 0.717) is 44.8 Å². The van der Waals surface area contributed by atoms with Crippen LogP contribution in [0.3, 0.4) is 0 Å². The van der Waals surface area contributed by atoms with E-state index in [1.165, 1.54) is 8.61 Å². The number of thioether (sulfide) groups is 1. The molecule has 0 spiro atoms. The minimum Gasteiger partial charge on any atom is -0.336 e. The van der Waals surface area contributed by atoms with Crippen LogP contribution in [0, 0.1) is 0 Å². The predicted molar refractivity (Wildman–Crippen MR) is 127 cm³/mol. The number of carbonyl (C=O) groups excluding carboxylic acids is 1. The maximum absolute atomic E-state index is 12.9. The van der Waals surface area contributed by atoms with Crippen LogP contribution in [0.2, 0.25) is 5.02 Å². The van der Waals surface area contributed by atoms with Gasteiger partial charge in [0.15, 0.2) is 0 Å². The van der Waals surface area contributed by atoms with Crippen LogP contribution in [0.4, 0.5) is 0 Å². The SMILES string of the molecule is CCN(CC)S(=O)(=O)N1CCN(C(=O)c2ccc(CSc3ccc(Cl)cc3)cc2)CC1. The molecule has 1 amide bonds. The second-order valence-electron chi connectivity index (χ2n) is 7.22. The average Bonchev–Trinajstić information content (AvgIpc) is 2.79. The molecule has 0 saturated carbocycles. The molecule has 0 radical (unpaired) electrons. The van der Waals surface area contributed by atoms with Gasteiger partial charge in [0.2, 0.25) is 0 Å². The van der Waals surface area contributed by atoms with Crippen molar-refractivity contribution in [2.45, 2.75) is 24.5 Å². The van der Waals surface area contributed by atoms with Crippen molar-refractivity contribution in [1.29, 1.82) is 0 Å². The van der Waals surface area contributed by atoms with E-state index in [1.54, 1.807) is 16.7 Å². The number of benzene rings is 2. The molecule has 168 valence electrons. The van der Waals surface area contributed by atoms with Crippen LogP contribution in [0.5, 0.6) is 0 Å². The van der Waals surface area contributed by atoms with Gasteiger partial charge in [-0.25, -0.2) is 0 Å². The number of piperazine rings is 1. The number of hydrogen-bond acceptors (Lipinski definition) is 4. The average molecular weight is 482 g/mol. The number of halogens is 1. The molecule has 0 unspecified atom stereocenters. The van der Waals surface area contributed by atoms with Crippen molar-refractivity contribution < 1.29 is 13.2 Å². The van der Waals surface area contributed by atoms with E-state index >= 15 is 0 Å². The zero-order valence-electron chi connectivity index (χ0n) is 17.8. The van der Waals surface area contributed by atoms with E-state index < -0.39 is 10.2 Å². The highest BCUT2D eigenvalue weighted by Gasteiger charge is 2.32. The zero-order chi connectivity index (χ0) is 22.4. The Hall–Kier alpha value is -1.58. The fraction of sp³-hybridized carbons (Fsp3) is 0.409. The molecule has 1 heterocycles. The Morgan fingerprint density at radius 1 is 0.968 bits per heavy atom. The van der Waals surface area contributed by atoms with Gasteiger partial charge in [-0.1, -0.05) is 37.6 Å². The summed E-state index contributed by atoms with van der Waals surface area (Å²) in [4.78, 5) is 15.7. The summed E-state index contributed by atoms with van der Waals surface area (Å²) >= 11 is 7.63. The molecule has 6 nitrogen and oxygen atoms in total. The van der Waals surface area contributed by atoms with E-state index in [2.05, 4.69) is 0 Å². The van der Waals surface area contributed by atoms with E-state index in [1.807, 2.05) is 62.4 Å². The smallest absolute Gasteiger partial charge is 0.282 e. The quantitative estimate of drug-likeness (QED) is 0.535. The molecular formula is C22H28ClN3O3S2. The Kier molecular flexibility index (Phi) is 8.41. The molecule has 0 atom stereocenters. The highest BCUT2D eigenvalue weighted by molar-refractivity contribution is 7.98. The minimum absolute atomic E-state index is 0.0585. The Morgan fingerprint density at radius 2 is 1.55 bits per heavy atom. The monoisotopic (exact) mass is 481 g/mol. The summed E-state index contributed by atoms with van der Waals surface area (Å²) in [5.41, 5.74) is 1.76. The van der Waals surface area contributed by atoms with Crippen LogP contribution in [0.15, 0.2) is 53.4 Å². The summed E-state index contributed by atoms with van der Waals surface area (Å²) in [6.45, 7) is 5.99. The first-order valence-corrected chi connectivity index (χ1v) is 13.1. The normalized spacial score (nSPS) is 15.4. The first kappa shape index (κ1) is 24.1. The number of hydrogen-bond donors (Lipinski definition) is 0. The van der Waals surface area contributed by atoms with Gasteiger partial charge in [-0.3, -0.25) is 4.79 Å². The third-order valence-electron chi connectivity index (χ3n) is 5.30.